The first-order valence-corrected chi connectivity index (χ1v) is 13.3. The number of pyridine rings is 2. The number of nitrogens with one attached hydrogen (secondary N) is 2. The summed E-state index contributed by atoms with van der Waals surface area (Å²) >= 11 is 0. The molecule has 0 radical (unpaired) electrons. The minimum Gasteiger partial charge on any atom is -0.354 e. The fourth-order valence-corrected chi connectivity index (χ4v) is 5.80. The summed E-state index contributed by atoms with van der Waals surface area (Å²) in [6.45, 7) is 10.3. The number of hydrogen-bond acceptors (Lipinski definition) is 5. The smallest absolute Gasteiger partial charge is 0.239 e. The van der Waals surface area contributed by atoms with Crippen molar-refractivity contribution in [2.24, 2.45) is 0 Å². The van der Waals surface area contributed by atoms with E-state index < -0.39 is 0 Å². The Kier molecular flexibility index (Phi) is 6.16. The molecule has 7 nitrogen and oxygen atoms in total. The van der Waals surface area contributed by atoms with Crippen LogP contribution in [0.5, 0.6) is 0 Å². The molecule has 190 valence electrons. The minimum atomic E-state index is 0.0128. The second-order valence-electron chi connectivity index (χ2n) is 10.4. The zero-order chi connectivity index (χ0) is 25.5. The molecule has 4 aromatic rings. The summed E-state index contributed by atoms with van der Waals surface area (Å²) in [4.78, 5) is 29.9. The van der Waals surface area contributed by atoms with Crippen LogP contribution in [0, 0.1) is 20.8 Å². The number of H-pyrrole nitrogens is 1. The molecule has 7 heteroatoms. The van der Waals surface area contributed by atoms with E-state index in [-0.39, 0.29) is 11.9 Å². The lowest BCUT2D eigenvalue weighted by atomic mass is 10.0. The number of aromatic nitrogens is 3. The molecule has 2 aliphatic rings. The number of nitrogens with zero attached hydrogens (tertiary/aromatic N) is 4. The van der Waals surface area contributed by atoms with Gasteiger partial charge in [0.2, 0.25) is 5.91 Å². The summed E-state index contributed by atoms with van der Waals surface area (Å²) in [7, 11) is 0. The highest BCUT2D eigenvalue weighted by molar-refractivity contribution is 5.93. The Morgan fingerprint density at radius 3 is 2.35 bits per heavy atom. The molecule has 37 heavy (non-hydrogen) atoms. The first kappa shape index (κ1) is 23.7. The third-order valence-electron chi connectivity index (χ3n) is 7.78. The van der Waals surface area contributed by atoms with Crippen molar-refractivity contribution in [2.45, 2.75) is 39.7 Å². The van der Waals surface area contributed by atoms with Gasteiger partial charge in [0.25, 0.3) is 0 Å². The number of piperazine rings is 1. The van der Waals surface area contributed by atoms with Crippen LogP contribution in [-0.4, -0.2) is 64.5 Å². The molecule has 0 unspecified atom stereocenters. The number of carbonyl (C=O) groups is 1. The van der Waals surface area contributed by atoms with Crippen LogP contribution >= 0.6 is 0 Å². The van der Waals surface area contributed by atoms with E-state index in [4.69, 9.17) is 4.98 Å². The van der Waals surface area contributed by atoms with E-state index in [1.807, 2.05) is 24.9 Å². The van der Waals surface area contributed by atoms with Crippen LogP contribution in [0.2, 0.25) is 0 Å². The average Bonchev–Trinajstić information content (AvgIpc) is 3.56. The number of aromatic amines is 1. The normalized spacial score (nSPS) is 18.1. The lowest BCUT2D eigenvalue weighted by Crippen LogP contribution is -2.53. The molecule has 0 bridgehead atoms. The first-order valence-electron chi connectivity index (χ1n) is 13.3. The largest absolute Gasteiger partial charge is 0.354 e. The predicted octanol–water partition coefficient (Wildman–Crippen LogP) is 4.62. The van der Waals surface area contributed by atoms with Crippen molar-refractivity contribution in [3.05, 3.63) is 65.6 Å². The Labute approximate surface area is 217 Å². The number of aryl methyl sites for hydroxylation is 3. The maximum absolute atomic E-state index is 12.7. The van der Waals surface area contributed by atoms with Crippen molar-refractivity contribution in [1.82, 2.24) is 25.2 Å². The minimum absolute atomic E-state index is 0.0128. The summed E-state index contributed by atoms with van der Waals surface area (Å²) in [5.74, 6) is 1.23. The molecule has 1 amide bonds. The van der Waals surface area contributed by atoms with Gasteiger partial charge in [0, 0.05) is 71.5 Å². The lowest BCUT2D eigenvalue weighted by Gasteiger charge is -2.36. The van der Waals surface area contributed by atoms with Crippen molar-refractivity contribution >= 4 is 22.6 Å². The summed E-state index contributed by atoms with van der Waals surface area (Å²) < 4.78 is 0. The Balaban J connectivity index is 1.18. The summed E-state index contributed by atoms with van der Waals surface area (Å²) in [6.07, 6.45) is 4.01. The van der Waals surface area contributed by atoms with Crippen LogP contribution in [0.25, 0.3) is 33.3 Å². The highest BCUT2D eigenvalue weighted by Crippen LogP contribution is 2.33. The van der Waals surface area contributed by atoms with Crippen molar-refractivity contribution in [3.63, 3.8) is 0 Å². The zero-order valence-corrected chi connectivity index (χ0v) is 21.8. The molecule has 1 aromatic carbocycles. The van der Waals surface area contributed by atoms with Crippen molar-refractivity contribution in [3.8, 4) is 22.4 Å². The molecule has 2 N–H and O–H groups in total. The fraction of sp³-hybridized carbons (Fsp3) is 0.367. The van der Waals surface area contributed by atoms with E-state index in [2.05, 4.69) is 69.6 Å². The van der Waals surface area contributed by atoms with E-state index in [1.165, 1.54) is 16.5 Å². The van der Waals surface area contributed by atoms with Crippen LogP contribution in [0.1, 0.15) is 29.8 Å². The van der Waals surface area contributed by atoms with E-state index in [9.17, 15) is 4.79 Å². The molecule has 1 atom stereocenters. The van der Waals surface area contributed by atoms with Gasteiger partial charge in [0.1, 0.15) is 5.82 Å². The topological polar surface area (TPSA) is 77.2 Å². The van der Waals surface area contributed by atoms with Gasteiger partial charge >= 0.3 is 0 Å². The standard InChI is InChI=1S/C30H34N6O/c1-19-15-24(16-20(2)33-19)29-21(3)25-8-6-22(17-27(25)34-29)23-7-9-28(32-18-23)35-11-13-36(14-12-35)30(37)26-5-4-10-31-26/h6-9,15-18,26,31,34H,4-5,10-14H2,1-3H3/t26-/m0/s1. The van der Waals surface area contributed by atoms with Gasteiger partial charge in [0.15, 0.2) is 0 Å². The van der Waals surface area contributed by atoms with Gasteiger partial charge in [-0.25, -0.2) is 4.98 Å². The second kappa shape index (κ2) is 9.63. The van der Waals surface area contributed by atoms with Gasteiger partial charge < -0.3 is 20.1 Å². The molecule has 2 saturated heterocycles. The lowest BCUT2D eigenvalue weighted by molar-refractivity contribution is -0.133. The van der Waals surface area contributed by atoms with Gasteiger partial charge in [-0.15, -0.1) is 0 Å². The van der Waals surface area contributed by atoms with Gasteiger partial charge in [-0.1, -0.05) is 12.1 Å². The number of hydrogen-bond donors (Lipinski definition) is 2. The van der Waals surface area contributed by atoms with Crippen LogP contribution in [0.15, 0.2) is 48.7 Å². The SMILES string of the molecule is Cc1cc(-c2[nH]c3cc(-c4ccc(N5CCN(C(=O)[C@@H]6CCCN6)CC5)nc4)ccc3c2C)cc(C)n1. The van der Waals surface area contributed by atoms with E-state index >= 15 is 0 Å². The number of carbonyl (C=O) groups excluding carboxylic acids is 1. The van der Waals surface area contributed by atoms with Crippen molar-refractivity contribution in [1.29, 1.82) is 0 Å². The Bertz CT molecular complexity index is 1420. The predicted molar refractivity (Wildman–Crippen MR) is 149 cm³/mol. The second-order valence-corrected chi connectivity index (χ2v) is 10.4. The molecule has 0 aliphatic carbocycles. The Morgan fingerprint density at radius 2 is 1.68 bits per heavy atom. The summed E-state index contributed by atoms with van der Waals surface area (Å²) in [5, 5.41) is 4.56. The molecule has 3 aromatic heterocycles. The molecule has 0 spiro atoms. The fourth-order valence-electron chi connectivity index (χ4n) is 5.80. The van der Waals surface area contributed by atoms with Gasteiger partial charge in [0.05, 0.1) is 6.04 Å². The number of rotatable bonds is 4. The number of anilines is 1. The third-order valence-corrected chi connectivity index (χ3v) is 7.78. The molecular formula is C30H34N6O. The molecule has 2 aliphatic heterocycles. The Morgan fingerprint density at radius 1 is 0.919 bits per heavy atom. The summed E-state index contributed by atoms with van der Waals surface area (Å²) in [5.41, 5.74) is 8.98. The average molecular weight is 495 g/mol. The van der Waals surface area contributed by atoms with E-state index in [0.717, 1.165) is 85.1 Å². The molecule has 6 rings (SSSR count). The maximum Gasteiger partial charge on any atom is 0.239 e. The monoisotopic (exact) mass is 494 g/mol. The van der Waals surface area contributed by atoms with Crippen molar-refractivity contribution in [2.75, 3.05) is 37.6 Å². The summed E-state index contributed by atoms with van der Waals surface area (Å²) in [6, 6.07) is 15.1. The van der Waals surface area contributed by atoms with Crippen LogP contribution < -0.4 is 10.2 Å². The van der Waals surface area contributed by atoms with Crippen LogP contribution in [0.3, 0.4) is 0 Å². The highest BCUT2D eigenvalue weighted by Gasteiger charge is 2.29. The van der Waals surface area contributed by atoms with Gasteiger partial charge in [-0.05, 0) is 81.6 Å². The molecule has 2 fully saturated rings. The molecule has 5 heterocycles. The van der Waals surface area contributed by atoms with Gasteiger partial charge in [-0.3, -0.25) is 9.78 Å². The first-order chi connectivity index (χ1) is 18.0. The molecule has 0 saturated carbocycles. The molecular weight excluding hydrogens is 460 g/mol. The number of benzene rings is 1. The zero-order valence-electron chi connectivity index (χ0n) is 21.8. The van der Waals surface area contributed by atoms with Crippen LogP contribution in [-0.2, 0) is 4.79 Å². The van der Waals surface area contributed by atoms with Crippen molar-refractivity contribution < 1.29 is 4.79 Å². The van der Waals surface area contributed by atoms with E-state index in [1.54, 1.807) is 0 Å². The highest BCUT2D eigenvalue weighted by atomic mass is 16.2. The Hall–Kier alpha value is -3.71. The van der Waals surface area contributed by atoms with E-state index in [0.29, 0.717) is 0 Å². The maximum atomic E-state index is 12.7. The third kappa shape index (κ3) is 4.60. The number of amides is 1. The van der Waals surface area contributed by atoms with Crippen LogP contribution in [0.4, 0.5) is 5.82 Å². The quantitative estimate of drug-likeness (QED) is 0.433. The van der Waals surface area contributed by atoms with Gasteiger partial charge in [-0.2, -0.15) is 0 Å². The number of fused-ring (bicyclic) bond motifs is 1.